The van der Waals surface area contributed by atoms with Gasteiger partial charge in [0.2, 0.25) is 0 Å². The number of benzene rings is 2. The van der Waals surface area contributed by atoms with E-state index in [9.17, 15) is 4.39 Å². The third-order valence-electron chi connectivity index (χ3n) is 2.97. The third-order valence-corrected chi connectivity index (χ3v) is 4.49. The van der Waals surface area contributed by atoms with Gasteiger partial charge in [-0.3, -0.25) is 11.3 Å². The summed E-state index contributed by atoms with van der Waals surface area (Å²) in [6.07, 6.45) is 0.540. The van der Waals surface area contributed by atoms with E-state index < -0.39 is 5.82 Å². The van der Waals surface area contributed by atoms with Gasteiger partial charge in [0.1, 0.15) is 5.82 Å². The minimum atomic E-state index is -0.433. The van der Waals surface area contributed by atoms with E-state index in [0.29, 0.717) is 11.4 Å². The second-order valence-corrected chi connectivity index (χ2v) is 6.01. The number of rotatable bonds is 4. The summed E-state index contributed by atoms with van der Waals surface area (Å²) in [6.45, 7) is 0. The lowest BCUT2D eigenvalue weighted by atomic mass is 9.99. The summed E-state index contributed by atoms with van der Waals surface area (Å²) >= 11 is 15.0. The molecule has 0 aliphatic rings. The molecule has 2 aromatic rings. The van der Waals surface area contributed by atoms with Gasteiger partial charge in [0.25, 0.3) is 0 Å². The van der Waals surface area contributed by atoms with E-state index >= 15 is 0 Å². The van der Waals surface area contributed by atoms with Gasteiger partial charge in [-0.15, -0.1) is 0 Å². The predicted octanol–water partition coefficient (Wildman–Crippen LogP) is 4.64. The first-order chi connectivity index (χ1) is 9.51. The van der Waals surface area contributed by atoms with Gasteiger partial charge in [-0.25, -0.2) is 4.39 Å². The molecule has 0 aliphatic heterocycles. The Hall–Kier alpha value is -0.650. The Morgan fingerprint density at radius 3 is 2.45 bits per heavy atom. The maximum Gasteiger partial charge on any atom is 0.142 e. The van der Waals surface area contributed by atoms with Crippen molar-refractivity contribution in [1.29, 1.82) is 0 Å². The van der Waals surface area contributed by atoms with Crippen LogP contribution in [0.3, 0.4) is 0 Å². The van der Waals surface area contributed by atoms with Crippen molar-refractivity contribution in [1.82, 2.24) is 5.43 Å². The zero-order chi connectivity index (χ0) is 14.7. The highest BCUT2D eigenvalue weighted by Crippen LogP contribution is 2.28. The fraction of sp³-hybridized carbons (Fsp3) is 0.143. The Bertz CT molecular complexity index is 622. The Kier molecular flexibility index (Phi) is 5.41. The van der Waals surface area contributed by atoms with Crippen molar-refractivity contribution >= 4 is 39.1 Å². The highest BCUT2D eigenvalue weighted by atomic mass is 79.9. The molecule has 3 N–H and O–H groups in total. The average Bonchev–Trinajstić information content (AvgIpc) is 2.43. The van der Waals surface area contributed by atoms with Gasteiger partial charge in [0.05, 0.1) is 16.1 Å². The van der Waals surface area contributed by atoms with Crippen molar-refractivity contribution < 1.29 is 4.39 Å². The minimum Gasteiger partial charge on any atom is -0.271 e. The molecule has 0 amide bonds. The summed E-state index contributed by atoms with van der Waals surface area (Å²) in [7, 11) is 0. The molecule has 2 aromatic carbocycles. The van der Waals surface area contributed by atoms with Gasteiger partial charge in [-0.05, 0) is 57.7 Å². The van der Waals surface area contributed by atoms with Gasteiger partial charge >= 0.3 is 0 Å². The molecule has 0 aliphatic carbocycles. The summed E-state index contributed by atoms with van der Waals surface area (Å²) in [4.78, 5) is 0. The summed E-state index contributed by atoms with van der Waals surface area (Å²) in [6, 6.07) is 10.1. The van der Waals surface area contributed by atoms with Crippen LogP contribution in [0.25, 0.3) is 0 Å². The highest BCUT2D eigenvalue weighted by Gasteiger charge is 2.13. The molecule has 0 fully saturated rings. The van der Waals surface area contributed by atoms with Crippen molar-refractivity contribution in [2.75, 3.05) is 0 Å². The van der Waals surface area contributed by atoms with E-state index in [0.717, 1.165) is 15.6 Å². The zero-order valence-electron chi connectivity index (χ0n) is 10.3. The van der Waals surface area contributed by atoms with Crippen LogP contribution >= 0.6 is 39.1 Å². The van der Waals surface area contributed by atoms with E-state index in [1.165, 1.54) is 12.1 Å². The van der Waals surface area contributed by atoms with Crippen LogP contribution in [-0.4, -0.2) is 0 Å². The number of hydrazine groups is 1. The van der Waals surface area contributed by atoms with Gasteiger partial charge in [0.15, 0.2) is 0 Å². The van der Waals surface area contributed by atoms with Crippen LogP contribution in [0.1, 0.15) is 17.2 Å². The van der Waals surface area contributed by atoms with Crippen LogP contribution < -0.4 is 11.3 Å². The first kappa shape index (κ1) is 15.7. The normalized spacial score (nSPS) is 12.4. The quantitative estimate of drug-likeness (QED) is 0.601. The van der Waals surface area contributed by atoms with Crippen LogP contribution in [0.5, 0.6) is 0 Å². The largest absolute Gasteiger partial charge is 0.271 e. The van der Waals surface area contributed by atoms with Gasteiger partial charge in [-0.2, -0.15) is 0 Å². The molecule has 0 aromatic heterocycles. The van der Waals surface area contributed by atoms with Crippen LogP contribution in [0.2, 0.25) is 10.0 Å². The summed E-state index contributed by atoms with van der Waals surface area (Å²) in [5.41, 5.74) is 4.49. The number of nitrogens with two attached hydrogens (primary N) is 1. The molecule has 6 heteroatoms. The molecule has 106 valence electrons. The molecule has 0 spiro atoms. The smallest absolute Gasteiger partial charge is 0.142 e. The third kappa shape index (κ3) is 3.71. The molecule has 20 heavy (non-hydrogen) atoms. The fourth-order valence-corrected chi connectivity index (χ4v) is 2.54. The lowest BCUT2D eigenvalue weighted by Gasteiger charge is -2.17. The predicted molar refractivity (Wildman–Crippen MR) is 84.3 cm³/mol. The Morgan fingerprint density at radius 1 is 1.15 bits per heavy atom. The second kappa shape index (κ2) is 6.87. The van der Waals surface area contributed by atoms with Crippen molar-refractivity contribution in [2.45, 2.75) is 12.5 Å². The van der Waals surface area contributed by atoms with Gasteiger partial charge in [-0.1, -0.05) is 35.3 Å². The molecule has 2 nitrogen and oxygen atoms in total. The highest BCUT2D eigenvalue weighted by molar-refractivity contribution is 9.10. The number of hydrogen-bond donors (Lipinski definition) is 2. The Labute approximate surface area is 135 Å². The SMILES string of the molecule is NNC(Cc1ccc(Cl)c(F)c1)c1ccc(Cl)c(Br)c1. The molecule has 1 atom stereocenters. The molecular formula is C14H12BrCl2FN2. The van der Waals surface area contributed by atoms with Crippen molar-refractivity contribution in [3.8, 4) is 0 Å². The molecule has 0 bridgehead atoms. The lowest BCUT2D eigenvalue weighted by molar-refractivity contribution is 0.548. The number of hydrogen-bond acceptors (Lipinski definition) is 2. The summed E-state index contributed by atoms with van der Waals surface area (Å²) in [5.74, 6) is 5.16. The molecule has 1 unspecified atom stereocenters. The monoisotopic (exact) mass is 376 g/mol. The van der Waals surface area contributed by atoms with Crippen LogP contribution in [0.4, 0.5) is 4.39 Å². The zero-order valence-corrected chi connectivity index (χ0v) is 13.4. The summed E-state index contributed by atoms with van der Waals surface area (Å²) < 4.78 is 14.2. The molecule has 0 radical (unpaired) electrons. The Balaban J connectivity index is 2.23. The maximum absolute atomic E-state index is 13.4. The van der Waals surface area contributed by atoms with Crippen LogP contribution in [0, 0.1) is 5.82 Å². The molecule has 0 saturated heterocycles. The van der Waals surface area contributed by atoms with E-state index in [-0.39, 0.29) is 11.1 Å². The molecule has 0 saturated carbocycles. The summed E-state index contributed by atoms with van der Waals surface area (Å²) in [5, 5.41) is 0.738. The molecule has 0 heterocycles. The van der Waals surface area contributed by atoms with Crippen molar-refractivity contribution in [3.05, 3.63) is 67.9 Å². The molecule has 2 rings (SSSR count). The van der Waals surface area contributed by atoms with Gasteiger partial charge in [0, 0.05) is 4.47 Å². The first-order valence-electron chi connectivity index (χ1n) is 5.86. The first-order valence-corrected chi connectivity index (χ1v) is 7.41. The topological polar surface area (TPSA) is 38.0 Å². The van der Waals surface area contributed by atoms with Crippen molar-refractivity contribution in [2.24, 2.45) is 5.84 Å². The fourth-order valence-electron chi connectivity index (χ4n) is 1.90. The second-order valence-electron chi connectivity index (χ2n) is 4.35. The van der Waals surface area contributed by atoms with Gasteiger partial charge < -0.3 is 0 Å². The van der Waals surface area contributed by atoms with E-state index in [4.69, 9.17) is 29.0 Å². The van der Waals surface area contributed by atoms with E-state index in [1.807, 2.05) is 12.1 Å². The average molecular weight is 378 g/mol. The van der Waals surface area contributed by atoms with E-state index in [1.54, 1.807) is 12.1 Å². The lowest BCUT2D eigenvalue weighted by Crippen LogP contribution is -2.29. The van der Waals surface area contributed by atoms with Crippen molar-refractivity contribution in [3.63, 3.8) is 0 Å². The maximum atomic E-state index is 13.4. The van der Waals surface area contributed by atoms with E-state index in [2.05, 4.69) is 21.4 Å². The van der Waals surface area contributed by atoms with Crippen LogP contribution in [0.15, 0.2) is 40.9 Å². The minimum absolute atomic E-state index is 0.111. The number of nitrogens with one attached hydrogen (secondary N) is 1. The molecular weight excluding hydrogens is 366 g/mol. The van der Waals surface area contributed by atoms with Crippen LogP contribution in [-0.2, 0) is 6.42 Å². The standard InChI is InChI=1S/C14H12BrCl2FN2/c15-10-7-9(2-4-11(10)16)14(20-19)6-8-1-3-12(17)13(18)5-8/h1-5,7,14,20H,6,19H2. The Morgan fingerprint density at radius 2 is 1.85 bits per heavy atom. The number of halogens is 4.